The van der Waals surface area contributed by atoms with Gasteiger partial charge in [0.15, 0.2) is 0 Å². The predicted octanol–water partition coefficient (Wildman–Crippen LogP) is 8.98. The largest absolute Gasteiger partial charge is 0.313 e. The van der Waals surface area contributed by atoms with Gasteiger partial charge in [-0.1, -0.05) is 86.2 Å². The molecule has 2 fully saturated rings. The number of allylic oxidation sites excluding steroid dienone is 1. The number of hydrogen-bond donors (Lipinski definition) is 0. The summed E-state index contributed by atoms with van der Waals surface area (Å²) in [6.07, 6.45) is 5.25. The number of nitrogens with zero attached hydrogens (tertiary/aromatic N) is 8. The van der Waals surface area contributed by atoms with Crippen molar-refractivity contribution in [2.45, 2.75) is 206 Å². The lowest BCUT2D eigenvalue weighted by molar-refractivity contribution is -0.140. The molecule has 308 valence electrons. The van der Waals surface area contributed by atoms with Crippen molar-refractivity contribution in [1.82, 2.24) is 39.8 Å². The van der Waals surface area contributed by atoms with Crippen molar-refractivity contribution in [3.63, 3.8) is 0 Å². The average molecular weight is 791 g/mol. The Balaban J connectivity index is 0.000000360. The molecule has 4 heterocycles. The summed E-state index contributed by atoms with van der Waals surface area (Å²) >= 11 is 3.33. The third kappa shape index (κ3) is 15.1. The molecule has 0 radical (unpaired) electrons. The molecule has 2 saturated heterocycles. The summed E-state index contributed by atoms with van der Waals surface area (Å²) in [6.45, 7) is 45.7. The maximum absolute atomic E-state index is 11.9. The van der Waals surface area contributed by atoms with Gasteiger partial charge < -0.3 is 4.90 Å². The Morgan fingerprint density at radius 1 is 0.593 bits per heavy atom. The van der Waals surface area contributed by atoms with E-state index in [2.05, 4.69) is 124 Å². The van der Waals surface area contributed by atoms with E-state index in [9.17, 15) is 14.4 Å². The summed E-state index contributed by atoms with van der Waals surface area (Å²) in [5, 5.41) is 17.4. The molecule has 2 aliphatic rings. The number of rotatable bonds is 6. The molecule has 2 aromatic rings. The van der Waals surface area contributed by atoms with Crippen LogP contribution >= 0.6 is 23.5 Å². The SMILES string of the molecule is C=C1CC(SC(C)C)C(=O)N1C(C)C.CC(C)(C)c1cn(C(C)(C)C)nn1.CC(C)(C)c1cn(C(C)(C)C)nn1.CC(C)SC1CC(=O)N(C(C)C)C1=O. The number of likely N-dealkylation sites (tertiary alicyclic amines) is 2. The van der Waals surface area contributed by atoms with Crippen LogP contribution in [0.3, 0.4) is 0 Å². The van der Waals surface area contributed by atoms with Crippen molar-refractivity contribution in [3.05, 3.63) is 36.1 Å². The fraction of sp³-hybridized carbons (Fsp3) is 0.780. The zero-order valence-corrected chi connectivity index (χ0v) is 39.0. The van der Waals surface area contributed by atoms with Crippen LogP contribution in [-0.2, 0) is 36.3 Å². The minimum Gasteiger partial charge on any atom is -0.313 e. The van der Waals surface area contributed by atoms with Crippen molar-refractivity contribution < 1.29 is 14.4 Å². The second-order valence-electron chi connectivity index (χ2n) is 19.3. The molecule has 2 unspecified atom stereocenters. The topological polar surface area (TPSA) is 119 Å². The first kappa shape index (κ1) is 49.3. The lowest BCUT2D eigenvalue weighted by atomic mass is 9.93. The average Bonchev–Trinajstić information content (AvgIpc) is 3.75. The molecule has 13 heteroatoms. The number of amides is 3. The van der Waals surface area contributed by atoms with Gasteiger partial charge in [-0.15, -0.1) is 33.7 Å². The van der Waals surface area contributed by atoms with Crippen LogP contribution < -0.4 is 0 Å². The fourth-order valence-electron chi connectivity index (χ4n) is 5.24. The molecule has 0 saturated carbocycles. The van der Waals surface area contributed by atoms with Crippen molar-refractivity contribution in [1.29, 1.82) is 0 Å². The quantitative estimate of drug-likeness (QED) is 0.264. The van der Waals surface area contributed by atoms with Gasteiger partial charge in [0, 0.05) is 53.8 Å². The highest BCUT2D eigenvalue weighted by Crippen LogP contribution is 2.34. The summed E-state index contributed by atoms with van der Waals surface area (Å²) < 4.78 is 3.82. The van der Waals surface area contributed by atoms with Crippen LogP contribution in [0.5, 0.6) is 0 Å². The third-order valence-corrected chi connectivity index (χ3v) is 10.7. The molecular formula is C41H74N8O3S2. The number of carbonyl (C=O) groups is 3. The van der Waals surface area contributed by atoms with Gasteiger partial charge in [0.05, 0.1) is 33.0 Å². The van der Waals surface area contributed by atoms with Crippen LogP contribution in [-0.4, -0.2) is 90.6 Å². The van der Waals surface area contributed by atoms with Gasteiger partial charge in [0.1, 0.15) is 0 Å². The Labute approximate surface area is 336 Å². The Hall–Kier alpha value is -2.67. The molecule has 0 bridgehead atoms. The summed E-state index contributed by atoms with van der Waals surface area (Å²) in [5.74, 6) is 0.204. The lowest BCUT2D eigenvalue weighted by Crippen LogP contribution is -2.37. The second-order valence-corrected chi connectivity index (χ2v) is 22.8. The third-order valence-electron chi connectivity index (χ3n) is 8.22. The smallest absolute Gasteiger partial charge is 0.243 e. The predicted molar refractivity (Wildman–Crippen MR) is 228 cm³/mol. The molecule has 4 rings (SSSR count). The maximum Gasteiger partial charge on any atom is 0.243 e. The molecule has 54 heavy (non-hydrogen) atoms. The van der Waals surface area contributed by atoms with E-state index < -0.39 is 0 Å². The minimum atomic E-state index is -0.148. The van der Waals surface area contributed by atoms with Gasteiger partial charge in [-0.3, -0.25) is 19.3 Å². The molecule has 0 aliphatic carbocycles. The highest BCUT2D eigenvalue weighted by molar-refractivity contribution is 8.01. The van der Waals surface area contributed by atoms with E-state index in [1.807, 2.05) is 68.2 Å². The van der Waals surface area contributed by atoms with E-state index in [0.29, 0.717) is 16.9 Å². The lowest BCUT2D eigenvalue weighted by Gasteiger charge is -2.22. The van der Waals surface area contributed by atoms with Crippen LogP contribution in [0.15, 0.2) is 24.7 Å². The van der Waals surface area contributed by atoms with Gasteiger partial charge >= 0.3 is 0 Å². The molecule has 2 atom stereocenters. The maximum atomic E-state index is 11.9. The van der Waals surface area contributed by atoms with Crippen molar-refractivity contribution in [2.75, 3.05) is 0 Å². The van der Waals surface area contributed by atoms with Crippen LogP contribution in [0.1, 0.15) is 163 Å². The molecular weight excluding hydrogens is 717 g/mol. The summed E-state index contributed by atoms with van der Waals surface area (Å²) in [7, 11) is 0. The summed E-state index contributed by atoms with van der Waals surface area (Å²) in [4.78, 5) is 38.4. The van der Waals surface area contributed by atoms with Crippen LogP contribution in [0, 0.1) is 0 Å². The first-order valence-corrected chi connectivity index (χ1v) is 21.2. The van der Waals surface area contributed by atoms with E-state index in [0.717, 1.165) is 23.5 Å². The fourth-order valence-corrected chi connectivity index (χ4v) is 7.54. The van der Waals surface area contributed by atoms with Gasteiger partial charge in [-0.05, 0) is 79.7 Å². The van der Waals surface area contributed by atoms with Crippen LogP contribution in [0.4, 0.5) is 0 Å². The molecule has 0 aromatic carbocycles. The number of hydrogen-bond acceptors (Lipinski definition) is 9. The number of thioether (sulfide) groups is 2. The molecule has 0 spiro atoms. The number of imide groups is 1. The van der Waals surface area contributed by atoms with Crippen molar-refractivity contribution in [2.24, 2.45) is 0 Å². The number of carbonyl (C=O) groups excluding carboxylic acids is 3. The highest BCUT2D eigenvalue weighted by atomic mass is 32.2. The van der Waals surface area contributed by atoms with Gasteiger partial charge in [0.2, 0.25) is 17.7 Å². The van der Waals surface area contributed by atoms with E-state index in [1.54, 1.807) is 23.5 Å². The molecule has 0 N–H and O–H groups in total. The standard InChI is InChI=1S/C11H19NOS.2C10H19N3.C10H17NO2S/c1-7(2)12-9(5)6-10(11(12)13)14-8(3)4;2*1-9(2,3)8-7-13(12-11-8)10(4,5)6;1-6(2)11-9(12)5-8(10(11)13)14-7(3)4/h7-8,10H,5-6H2,1-4H3;2*7H,1-6H3;6-8H,5H2,1-4H3. The second kappa shape index (κ2) is 19.5. The monoisotopic (exact) mass is 791 g/mol. The highest BCUT2D eigenvalue weighted by Gasteiger charge is 2.40. The Morgan fingerprint density at radius 2 is 0.926 bits per heavy atom. The zero-order chi connectivity index (χ0) is 42.3. The molecule has 2 aromatic heterocycles. The molecule has 3 amide bonds. The Morgan fingerprint density at radius 3 is 1.15 bits per heavy atom. The van der Waals surface area contributed by atoms with E-state index in [-0.39, 0.29) is 62.2 Å². The first-order chi connectivity index (χ1) is 24.3. The van der Waals surface area contributed by atoms with Crippen LogP contribution in [0.25, 0.3) is 0 Å². The van der Waals surface area contributed by atoms with E-state index >= 15 is 0 Å². The van der Waals surface area contributed by atoms with Gasteiger partial charge in [0.25, 0.3) is 0 Å². The summed E-state index contributed by atoms with van der Waals surface area (Å²) in [5.41, 5.74) is 3.29. The normalized spacial score (nSPS) is 18.4. The van der Waals surface area contributed by atoms with E-state index in [1.165, 1.54) is 4.90 Å². The van der Waals surface area contributed by atoms with Crippen LogP contribution in [0.2, 0.25) is 0 Å². The van der Waals surface area contributed by atoms with Gasteiger partial charge in [-0.2, -0.15) is 0 Å². The molecule has 2 aliphatic heterocycles. The Kier molecular flexibility index (Phi) is 17.8. The van der Waals surface area contributed by atoms with Crippen molar-refractivity contribution in [3.8, 4) is 0 Å². The minimum absolute atomic E-state index is 0.00670. The molecule has 11 nitrogen and oxygen atoms in total. The number of aromatic nitrogens is 6. The van der Waals surface area contributed by atoms with Gasteiger partial charge in [-0.25, -0.2) is 9.36 Å². The van der Waals surface area contributed by atoms with E-state index in [4.69, 9.17) is 0 Å². The summed E-state index contributed by atoms with van der Waals surface area (Å²) in [6, 6.07) is 0.237. The zero-order valence-electron chi connectivity index (χ0n) is 37.4. The Bertz CT molecular complexity index is 1360. The van der Waals surface area contributed by atoms with Crippen molar-refractivity contribution >= 4 is 41.2 Å². The first-order valence-electron chi connectivity index (χ1n) is 19.3.